The molecule has 0 spiro atoms. The van der Waals surface area contributed by atoms with Crippen LogP contribution in [0, 0.1) is 0 Å². The molecule has 4 rings (SSSR count). The number of fused-ring (bicyclic) bond motifs is 1. The summed E-state index contributed by atoms with van der Waals surface area (Å²) in [5, 5.41) is 4.58. The van der Waals surface area contributed by atoms with Gasteiger partial charge in [0.25, 0.3) is 5.91 Å². The molecule has 5 nitrogen and oxygen atoms in total. The maximum Gasteiger partial charge on any atom is 0.272 e. The Morgan fingerprint density at radius 1 is 1.00 bits per heavy atom. The van der Waals surface area contributed by atoms with E-state index in [2.05, 4.69) is 20.5 Å². The quantitative estimate of drug-likeness (QED) is 0.403. The Hall–Kier alpha value is -3.44. The van der Waals surface area contributed by atoms with E-state index in [0.717, 1.165) is 16.6 Å². The Morgan fingerprint density at radius 2 is 1.74 bits per heavy atom. The normalized spacial score (nSPS) is 11.1. The number of carbonyl (C=O) groups is 1. The van der Waals surface area contributed by atoms with E-state index in [0.29, 0.717) is 22.0 Å². The van der Waals surface area contributed by atoms with Gasteiger partial charge in [0.2, 0.25) is 0 Å². The summed E-state index contributed by atoms with van der Waals surface area (Å²) in [6.45, 7) is 0. The van der Waals surface area contributed by atoms with Crippen LogP contribution in [-0.4, -0.2) is 22.1 Å². The van der Waals surface area contributed by atoms with Gasteiger partial charge in [0.1, 0.15) is 5.82 Å². The number of aromatic amines is 1. The highest BCUT2D eigenvalue weighted by atomic mass is 35.5. The van der Waals surface area contributed by atoms with Crippen LogP contribution in [0.2, 0.25) is 5.02 Å². The first-order valence-electron chi connectivity index (χ1n) is 8.34. The van der Waals surface area contributed by atoms with E-state index in [-0.39, 0.29) is 5.91 Å². The zero-order valence-electron chi connectivity index (χ0n) is 14.2. The summed E-state index contributed by atoms with van der Waals surface area (Å²) in [6, 6.07) is 22.3. The van der Waals surface area contributed by atoms with Crippen LogP contribution in [0.5, 0.6) is 0 Å². The molecule has 0 aliphatic heterocycles. The molecule has 0 aliphatic carbocycles. The number of para-hydroxylation sites is 2. The van der Waals surface area contributed by atoms with Crippen LogP contribution in [0.25, 0.3) is 22.4 Å². The van der Waals surface area contributed by atoms with Crippen molar-refractivity contribution in [2.45, 2.75) is 0 Å². The van der Waals surface area contributed by atoms with Gasteiger partial charge in [-0.3, -0.25) is 4.79 Å². The average Bonchev–Trinajstić information content (AvgIpc) is 3.13. The number of rotatable bonds is 4. The van der Waals surface area contributed by atoms with Crippen LogP contribution in [0.15, 0.2) is 77.9 Å². The molecule has 6 heteroatoms. The first-order valence-corrected chi connectivity index (χ1v) is 8.72. The predicted octanol–water partition coefficient (Wildman–Crippen LogP) is 4.65. The van der Waals surface area contributed by atoms with Crippen molar-refractivity contribution in [1.29, 1.82) is 0 Å². The molecular weight excluding hydrogens is 360 g/mol. The lowest BCUT2D eigenvalue weighted by atomic mass is 10.1. The Morgan fingerprint density at radius 3 is 2.59 bits per heavy atom. The predicted molar refractivity (Wildman–Crippen MR) is 108 cm³/mol. The topological polar surface area (TPSA) is 70.1 Å². The summed E-state index contributed by atoms with van der Waals surface area (Å²) in [4.78, 5) is 20.5. The van der Waals surface area contributed by atoms with Crippen molar-refractivity contribution in [2.24, 2.45) is 5.10 Å². The minimum Gasteiger partial charge on any atom is -0.338 e. The van der Waals surface area contributed by atoms with Crippen LogP contribution < -0.4 is 5.43 Å². The first-order chi connectivity index (χ1) is 13.2. The van der Waals surface area contributed by atoms with Crippen molar-refractivity contribution >= 4 is 34.8 Å². The van der Waals surface area contributed by atoms with Crippen LogP contribution in [0.3, 0.4) is 0 Å². The van der Waals surface area contributed by atoms with E-state index in [9.17, 15) is 4.79 Å². The first kappa shape index (κ1) is 17.0. The second-order valence-corrected chi connectivity index (χ2v) is 6.28. The van der Waals surface area contributed by atoms with Gasteiger partial charge in [-0.05, 0) is 24.3 Å². The third kappa shape index (κ3) is 3.59. The molecule has 1 aromatic heterocycles. The van der Waals surface area contributed by atoms with Gasteiger partial charge >= 0.3 is 0 Å². The molecule has 27 heavy (non-hydrogen) atoms. The average molecular weight is 375 g/mol. The lowest BCUT2D eigenvalue weighted by Gasteiger charge is -2.05. The number of benzene rings is 3. The fourth-order valence-electron chi connectivity index (χ4n) is 2.77. The Labute approximate surface area is 160 Å². The number of hydrogen-bond donors (Lipinski definition) is 2. The number of hydrogen-bond acceptors (Lipinski definition) is 3. The number of H-pyrrole nitrogens is 1. The van der Waals surface area contributed by atoms with Crippen molar-refractivity contribution in [3.05, 3.63) is 88.9 Å². The summed E-state index contributed by atoms with van der Waals surface area (Å²) in [5.41, 5.74) is 6.23. The number of nitrogens with zero attached hydrogens (tertiary/aromatic N) is 2. The van der Waals surface area contributed by atoms with Crippen molar-refractivity contribution in [3.63, 3.8) is 0 Å². The molecule has 4 aromatic rings. The fourth-order valence-corrected chi connectivity index (χ4v) is 2.95. The van der Waals surface area contributed by atoms with E-state index < -0.39 is 0 Å². The molecule has 0 atom stereocenters. The zero-order valence-corrected chi connectivity index (χ0v) is 14.9. The number of nitrogens with one attached hydrogen (secondary N) is 2. The number of imidazole rings is 1. The van der Waals surface area contributed by atoms with Crippen molar-refractivity contribution in [2.75, 3.05) is 0 Å². The van der Waals surface area contributed by atoms with Crippen molar-refractivity contribution < 1.29 is 4.79 Å². The highest BCUT2D eigenvalue weighted by molar-refractivity contribution is 6.33. The van der Waals surface area contributed by atoms with Crippen LogP contribution in [-0.2, 0) is 0 Å². The number of amides is 1. The maximum atomic E-state index is 12.6. The SMILES string of the molecule is O=C(N/N=C/c1ccccc1Cl)c1ccccc1-c1nc2ccccc2[nH]1. The Balaban J connectivity index is 1.60. The van der Waals surface area contributed by atoms with Crippen molar-refractivity contribution in [1.82, 2.24) is 15.4 Å². The van der Waals surface area contributed by atoms with E-state index in [4.69, 9.17) is 11.6 Å². The molecule has 132 valence electrons. The summed E-state index contributed by atoms with van der Waals surface area (Å²) in [7, 11) is 0. The standard InChI is InChI=1S/C21H15ClN4O/c22-17-10-4-1-7-14(17)13-23-26-21(27)16-9-3-2-8-15(16)20-24-18-11-5-6-12-19(18)25-20/h1-13H,(H,24,25)(H,26,27)/b23-13+. The van der Waals surface area contributed by atoms with Gasteiger partial charge in [-0.2, -0.15) is 5.10 Å². The molecule has 0 saturated carbocycles. The number of halogens is 1. The zero-order chi connectivity index (χ0) is 18.6. The van der Waals surface area contributed by atoms with Crippen LogP contribution in [0.4, 0.5) is 0 Å². The third-order valence-electron chi connectivity index (χ3n) is 4.09. The molecule has 0 aliphatic rings. The third-order valence-corrected chi connectivity index (χ3v) is 4.44. The van der Waals surface area contributed by atoms with E-state index in [1.54, 1.807) is 18.2 Å². The lowest BCUT2D eigenvalue weighted by Crippen LogP contribution is -2.18. The van der Waals surface area contributed by atoms with Crippen LogP contribution >= 0.6 is 11.6 Å². The summed E-state index contributed by atoms with van der Waals surface area (Å²) < 4.78 is 0. The molecule has 0 fully saturated rings. The highest BCUT2D eigenvalue weighted by Gasteiger charge is 2.14. The van der Waals surface area contributed by atoms with Gasteiger partial charge < -0.3 is 4.98 Å². The van der Waals surface area contributed by atoms with Gasteiger partial charge in [-0.15, -0.1) is 0 Å². The molecule has 0 radical (unpaired) electrons. The van der Waals surface area contributed by atoms with Gasteiger partial charge in [0, 0.05) is 16.1 Å². The lowest BCUT2D eigenvalue weighted by molar-refractivity contribution is 0.0955. The Bertz CT molecular complexity index is 1120. The van der Waals surface area contributed by atoms with Gasteiger partial charge in [0.15, 0.2) is 0 Å². The second kappa shape index (κ2) is 7.43. The molecule has 0 bridgehead atoms. The molecule has 1 heterocycles. The van der Waals surface area contributed by atoms with Gasteiger partial charge in [0.05, 0.1) is 22.8 Å². The van der Waals surface area contributed by atoms with Gasteiger partial charge in [-0.1, -0.05) is 60.1 Å². The molecule has 0 unspecified atom stereocenters. The molecule has 2 N–H and O–H groups in total. The van der Waals surface area contributed by atoms with E-state index >= 15 is 0 Å². The maximum absolute atomic E-state index is 12.6. The van der Waals surface area contributed by atoms with Gasteiger partial charge in [-0.25, -0.2) is 10.4 Å². The largest absolute Gasteiger partial charge is 0.338 e. The second-order valence-electron chi connectivity index (χ2n) is 5.87. The smallest absolute Gasteiger partial charge is 0.272 e. The van der Waals surface area contributed by atoms with E-state index in [1.165, 1.54) is 6.21 Å². The minimum absolute atomic E-state index is 0.325. The van der Waals surface area contributed by atoms with Crippen LogP contribution in [0.1, 0.15) is 15.9 Å². The summed E-state index contributed by atoms with van der Waals surface area (Å²) in [6.07, 6.45) is 1.52. The molecule has 3 aromatic carbocycles. The molecule has 1 amide bonds. The van der Waals surface area contributed by atoms with E-state index in [1.807, 2.05) is 54.6 Å². The van der Waals surface area contributed by atoms with Crippen molar-refractivity contribution in [3.8, 4) is 11.4 Å². The summed E-state index contributed by atoms with van der Waals surface area (Å²) >= 11 is 6.08. The fraction of sp³-hybridized carbons (Fsp3) is 0. The number of aromatic nitrogens is 2. The number of hydrazone groups is 1. The molecule has 0 saturated heterocycles. The summed E-state index contributed by atoms with van der Waals surface area (Å²) in [5.74, 6) is 0.311. The highest BCUT2D eigenvalue weighted by Crippen LogP contribution is 2.23. The monoisotopic (exact) mass is 374 g/mol. The minimum atomic E-state index is -0.325. The number of carbonyl (C=O) groups excluding carboxylic acids is 1. The Kier molecular flexibility index (Phi) is 4.68. The molecular formula is C21H15ClN4O.